The molecule has 6 nitrogen and oxygen atoms in total. The summed E-state index contributed by atoms with van der Waals surface area (Å²) in [4.78, 5) is 37.1. The fourth-order valence-corrected chi connectivity index (χ4v) is 5.21. The minimum Gasteiger partial charge on any atom is -0.462 e. The number of hydrogen-bond acceptors (Lipinski definition) is 6. The van der Waals surface area contributed by atoms with E-state index in [1.807, 2.05) is 0 Å². The minimum atomic E-state index is -0.755. The summed E-state index contributed by atoms with van der Waals surface area (Å²) in [6.45, 7) is 8.81. The highest BCUT2D eigenvalue weighted by atomic mass is 16.6. The first-order valence-corrected chi connectivity index (χ1v) is 18.4. The Kier molecular flexibility index (Phi) is 30.6. The zero-order valence-corrected chi connectivity index (χ0v) is 28.9. The maximum absolute atomic E-state index is 12.5. The van der Waals surface area contributed by atoms with Crippen LogP contribution in [0.25, 0.3) is 0 Å². The zero-order chi connectivity index (χ0) is 31.8. The molecule has 0 fully saturated rings. The van der Waals surface area contributed by atoms with Crippen LogP contribution in [-0.4, -0.2) is 37.2 Å². The van der Waals surface area contributed by atoms with Crippen LogP contribution in [0.1, 0.15) is 195 Å². The molecule has 0 saturated heterocycles. The molecule has 0 spiro atoms. The molecule has 0 bridgehead atoms. The first-order chi connectivity index (χ1) is 20.9. The van der Waals surface area contributed by atoms with E-state index in [-0.39, 0.29) is 31.1 Å². The molecular weight excluding hydrogens is 540 g/mol. The van der Waals surface area contributed by atoms with Crippen LogP contribution in [0.5, 0.6) is 0 Å². The second kappa shape index (κ2) is 31.8. The molecule has 0 aliphatic heterocycles. The molecule has 43 heavy (non-hydrogen) atoms. The van der Waals surface area contributed by atoms with Crippen molar-refractivity contribution in [3.05, 3.63) is 0 Å². The molecule has 0 aromatic heterocycles. The summed E-state index contributed by atoms with van der Waals surface area (Å²) >= 11 is 0. The van der Waals surface area contributed by atoms with E-state index >= 15 is 0 Å². The molecular formula is C37H70O6. The lowest BCUT2D eigenvalue weighted by molar-refractivity contribution is -0.167. The summed E-state index contributed by atoms with van der Waals surface area (Å²) < 4.78 is 16.5. The molecule has 0 rings (SSSR count). The van der Waals surface area contributed by atoms with Crippen LogP contribution in [-0.2, 0) is 28.6 Å². The largest absolute Gasteiger partial charge is 0.462 e. The number of carbonyl (C=O) groups excluding carboxylic acids is 3. The van der Waals surface area contributed by atoms with Crippen LogP contribution < -0.4 is 0 Å². The van der Waals surface area contributed by atoms with Gasteiger partial charge in [0.05, 0.1) is 0 Å². The maximum atomic E-state index is 12.5. The third-order valence-electron chi connectivity index (χ3n) is 8.04. The van der Waals surface area contributed by atoms with Crippen molar-refractivity contribution in [3.8, 4) is 0 Å². The molecule has 0 aromatic carbocycles. The Hall–Kier alpha value is -1.59. The monoisotopic (exact) mass is 611 g/mol. The van der Waals surface area contributed by atoms with E-state index in [4.69, 9.17) is 14.2 Å². The van der Waals surface area contributed by atoms with Gasteiger partial charge in [0.1, 0.15) is 13.2 Å². The van der Waals surface area contributed by atoms with Crippen molar-refractivity contribution in [1.29, 1.82) is 0 Å². The summed E-state index contributed by atoms with van der Waals surface area (Å²) in [5.41, 5.74) is 0. The van der Waals surface area contributed by atoms with Crippen molar-refractivity contribution in [2.75, 3.05) is 13.2 Å². The van der Waals surface area contributed by atoms with Crippen LogP contribution in [0, 0.1) is 5.92 Å². The van der Waals surface area contributed by atoms with Crippen LogP contribution in [0.15, 0.2) is 0 Å². The Morgan fingerprint density at radius 3 is 1.14 bits per heavy atom. The van der Waals surface area contributed by atoms with Gasteiger partial charge >= 0.3 is 17.9 Å². The Bertz CT molecular complexity index is 647. The summed E-state index contributed by atoms with van der Waals surface area (Å²) in [5, 5.41) is 0. The van der Waals surface area contributed by atoms with E-state index in [1.165, 1.54) is 83.5 Å². The van der Waals surface area contributed by atoms with Crippen LogP contribution in [0.3, 0.4) is 0 Å². The van der Waals surface area contributed by atoms with Crippen molar-refractivity contribution in [2.45, 2.75) is 201 Å². The van der Waals surface area contributed by atoms with E-state index in [9.17, 15) is 14.4 Å². The molecule has 0 aliphatic carbocycles. The highest BCUT2D eigenvalue weighted by Gasteiger charge is 2.19. The number of ether oxygens (including phenoxy) is 3. The summed E-state index contributed by atoms with van der Waals surface area (Å²) in [5.74, 6) is -0.103. The van der Waals surface area contributed by atoms with Gasteiger partial charge in [-0.15, -0.1) is 0 Å². The van der Waals surface area contributed by atoms with Crippen molar-refractivity contribution in [2.24, 2.45) is 5.92 Å². The van der Waals surface area contributed by atoms with E-state index in [0.717, 1.165) is 70.1 Å². The van der Waals surface area contributed by atoms with Gasteiger partial charge in [0, 0.05) is 19.3 Å². The van der Waals surface area contributed by atoms with E-state index in [1.54, 1.807) is 0 Å². The molecule has 0 aromatic rings. The van der Waals surface area contributed by atoms with E-state index in [2.05, 4.69) is 27.7 Å². The lowest BCUT2D eigenvalue weighted by Gasteiger charge is -2.18. The Morgan fingerprint density at radius 2 is 0.767 bits per heavy atom. The number of rotatable bonds is 32. The normalized spacial score (nSPS) is 11.9. The second-order valence-electron chi connectivity index (χ2n) is 13.0. The average molecular weight is 611 g/mol. The van der Waals surface area contributed by atoms with Gasteiger partial charge in [0.2, 0.25) is 0 Å². The lowest BCUT2D eigenvalue weighted by Crippen LogP contribution is -2.30. The van der Waals surface area contributed by atoms with Crippen molar-refractivity contribution >= 4 is 17.9 Å². The summed E-state index contributed by atoms with van der Waals surface area (Å²) in [6, 6.07) is 0. The second-order valence-corrected chi connectivity index (χ2v) is 13.0. The smallest absolute Gasteiger partial charge is 0.306 e. The molecule has 0 aliphatic rings. The van der Waals surface area contributed by atoms with Gasteiger partial charge in [-0.25, -0.2) is 0 Å². The maximum Gasteiger partial charge on any atom is 0.306 e. The molecule has 0 heterocycles. The van der Waals surface area contributed by atoms with Gasteiger partial charge in [-0.3, -0.25) is 14.4 Å². The Balaban J connectivity index is 4.30. The highest BCUT2D eigenvalue weighted by molar-refractivity contribution is 5.71. The molecule has 6 heteroatoms. The topological polar surface area (TPSA) is 78.9 Å². The predicted molar refractivity (Wildman–Crippen MR) is 178 cm³/mol. The average Bonchev–Trinajstić information content (AvgIpc) is 2.98. The molecule has 0 N–H and O–H groups in total. The fourth-order valence-electron chi connectivity index (χ4n) is 5.21. The molecule has 0 amide bonds. The number of hydrogen-bond donors (Lipinski definition) is 0. The molecule has 1 atom stereocenters. The summed E-state index contributed by atoms with van der Waals surface area (Å²) in [6.07, 6.45) is 26.9. The SMILES string of the molecule is CCCCCCCCCCCCC(=O)O[C@@H](COC(=O)CCCCCCC)COC(=O)CCCCCCCCCC(C)C. The molecule has 0 unspecified atom stereocenters. The van der Waals surface area contributed by atoms with Gasteiger partial charge in [0.15, 0.2) is 6.10 Å². The first-order valence-electron chi connectivity index (χ1n) is 18.4. The Labute approximate surface area is 266 Å². The minimum absolute atomic E-state index is 0.0672. The fraction of sp³-hybridized carbons (Fsp3) is 0.919. The number of esters is 3. The molecule has 0 radical (unpaired) electrons. The first kappa shape index (κ1) is 41.4. The molecule has 0 saturated carbocycles. The van der Waals surface area contributed by atoms with E-state index < -0.39 is 6.10 Å². The van der Waals surface area contributed by atoms with Gasteiger partial charge in [0.25, 0.3) is 0 Å². The van der Waals surface area contributed by atoms with Gasteiger partial charge in [-0.05, 0) is 25.2 Å². The van der Waals surface area contributed by atoms with Gasteiger partial charge < -0.3 is 14.2 Å². The van der Waals surface area contributed by atoms with Crippen molar-refractivity contribution in [3.63, 3.8) is 0 Å². The quantitative estimate of drug-likeness (QED) is 0.0428. The predicted octanol–water partition coefficient (Wildman–Crippen LogP) is 10.8. The standard InChI is InChI=1S/C37H70O6/c1-5-7-9-11-12-13-14-17-22-26-30-37(40)43-34(31-41-35(38)28-24-19-10-8-6-2)32-42-36(39)29-25-21-18-15-16-20-23-27-33(3)4/h33-34H,5-32H2,1-4H3/t34-/m0/s1. The zero-order valence-electron chi connectivity index (χ0n) is 28.9. The van der Waals surface area contributed by atoms with Gasteiger partial charge in [-0.1, -0.05) is 156 Å². The number of carbonyl (C=O) groups is 3. The molecule has 254 valence electrons. The van der Waals surface area contributed by atoms with Gasteiger partial charge in [-0.2, -0.15) is 0 Å². The van der Waals surface area contributed by atoms with E-state index in [0.29, 0.717) is 19.3 Å². The third-order valence-corrected chi connectivity index (χ3v) is 8.04. The lowest BCUT2D eigenvalue weighted by atomic mass is 10.0. The summed E-state index contributed by atoms with van der Waals surface area (Å²) in [7, 11) is 0. The van der Waals surface area contributed by atoms with Crippen LogP contribution >= 0.6 is 0 Å². The highest BCUT2D eigenvalue weighted by Crippen LogP contribution is 2.14. The van der Waals surface area contributed by atoms with Crippen LogP contribution in [0.4, 0.5) is 0 Å². The third kappa shape index (κ3) is 31.6. The Morgan fingerprint density at radius 1 is 0.442 bits per heavy atom. The van der Waals surface area contributed by atoms with Crippen molar-refractivity contribution < 1.29 is 28.6 Å². The van der Waals surface area contributed by atoms with Crippen LogP contribution in [0.2, 0.25) is 0 Å². The number of unbranched alkanes of at least 4 members (excludes halogenated alkanes) is 19. The van der Waals surface area contributed by atoms with Crippen molar-refractivity contribution in [1.82, 2.24) is 0 Å².